The molecule has 0 fully saturated rings. The molecule has 4 nitrogen and oxygen atoms in total. The number of hydrogen-bond acceptors (Lipinski definition) is 4. The van der Waals surface area contributed by atoms with Crippen molar-refractivity contribution in [1.29, 1.82) is 0 Å². The van der Waals surface area contributed by atoms with Gasteiger partial charge in [0.2, 0.25) is 0 Å². The first-order chi connectivity index (χ1) is 9.85. The highest BCUT2D eigenvalue weighted by atomic mass is 19.1. The molecule has 0 aliphatic rings. The van der Waals surface area contributed by atoms with Gasteiger partial charge in [-0.15, -0.1) is 0 Å². The van der Waals surface area contributed by atoms with Crippen molar-refractivity contribution < 1.29 is 8.91 Å². The van der Waals surface area contributed by atoms with Crippen LogP contribution in [0.15, 0.2) is 34.9 Å². The monoisotopic (exact) mass is 291 g/mol. The van der Waals surface area contributed by atoms with Crippen molar-refractivity contribution >= 4 is 5.69 Å². The molecule has 1 aromatic heterocycles. The Morgan fingerprint density at radius 2 is 2.00 bits per heavy atom. The van der Waals surface area contributed by atoms with Crippen LogP contribution in [0.25, 0.3) is 0 Å². The predicted molar refractivity (Wildman–Crippen MR) is 81.6 cm³/mol. The van der Waals surface area contributed by atoms with Crippen LogP contribution in [0.3, 0.4) is 0 Å². The highest BCUT2D eigenvalue weighted by Gasteiger charge is 2.13. The van der Waals surface area contributed by atoms with Gasteiger partial charge in [-0.2, -0.15) is 0 Å². The Labute approximate surface area is 124 Å². The van der Waals surface area contributed by atoms with Gasteiger partial charge in [-0.3, -0.25) is 0 Å². The molecule has 2 rings (SSSR count). The summed E-state index contributed by atoms with van der Waals surface area (Å²) in [5, 5.41) is 7.38. The average molecular weight is 291 g/mol. The normalized spacial score (nSPS) is 11.7. The van der Waals surface area contributed by atoms with Crippen LogP contribution in [0.1, 0.15) is 32.2 Å². The third-order valence-corrected chi connectivity index (χ3v) is 3.06. The maximum absolute atomic E-state index is 13.7. The minimum Gasteiger partial charge on any atom is -0.365 e. The zero-order valence-electron chi connectivity index (χ0n) is 13.0. The van der Waals surface area contributed by atoms with E-state index in [4.69, 9.17) is 4.52 Å². The molecule has 21 heavy (non-hydrogen) atoms. The van der Waals surface area contributed by atoms with Crippen LogP contribution in [-0.4, -0.2) is 17.7 Å². The Morgan fingerprint density at radius 1 is 1.29 bits per heavy atom. The summed E-state index contributed by atoms with van der Waals surface area (Å²) in [7, 11) is 1.83. The van der Waals surface area contributed by atoms with E-state index >= 15 is 0 Å². The van der Waals surface area contributed by atoms with E-state index in [1.54, 1.807) is 17.0 Å². The van der Waals surface area contributed by atoms with Crippen molar-refractivity contribution in [3.05, 3.63) is 47.6 Å². The molecular formula is C16H22FN3O. The van der Waals surface area contributed by atoms with Crippen LogP contribution in [0.2, 0.25) is 0 Å². The van der Waals surface area contributed by atoms with Gasteiger partial charge >= 0.3 is 0 Å². The Bertz CT molecular complexity index is 589. The zero-order valence-corrected chi connectivity index (χ0v) is 13.0. The van der Waals surface area contributed by atoms with E-state index in [1.807, 2.05) is 19.2 Å². The summed E-state index contributed by atoms with van der Waals surface area (Å²) in [6.45, 7) is 7.42. The summed E-state index contributed by atoms with van der Waals surface area (Å²) >= 11 is 0. The van der Waals surface area contributed by atoms with Gasteiger partial charge < -0.3 is 14.7 Å². The van der Waals surface area contributed by atoms with Crippen molar-refractivity contribution in [1.82, 2.24) is 10.5 Å². The van der Waals surface area contributed by atoms with E-state index in [9.17, 15) is 4.39 Å². The largest absolute Gasteiger partial charge is 0.365 e. The quantitative estimate of drug-likeness (QED) is 0.917. The number of anilines is 1. The topological polar surface area (TPSA) is 41.3 Å². The SMILES string of the molecule is CN(Cc1cc(CNC(C)(C)C)no1)c1ccccc1F. The van der Waals surface area contributed by atoms with Crippen LogP contribution in [0.4, 0.5) is 10.1 Å². The minimum atomic E-state index is -0.242. The second kappa shape index (κ2) is 6.26. The Balaban J connectivity index is 1.98. The summed E-state index contributed by atoms with van der Waals surface area (Å²) in [5.74, 6) is 0.473. The lowest BCUT2D eigenvalue weighted by atomic mass is 10.1. The third kappa shape index (κ3) is 4.56. The molecule has 1 N–H and O–H groups in total. The molecule has 0 aliphatic heterocycles. The summed E-state index contributed by atoms with van der Waals surface area (Å²) in [6.07, 6.45) is 0. The number of hydrogen-bond donors (Lipinski definition) is 1. The minimum absolute atomic E-state index is 0.0308. The number of nitrogens with one attached hydrogen (secondary N) is 1. The number of nitrogens with zero attached hydrogens (tertiary/aromatic N) is 2. The lowest BCUT2D eigenvalue weighted by Gasteiger charge is -2.19. The summed E-state index contributed by atoms with van der Waals surface area (Å²) < 4.78 is 19.0. The van der Waals surface area contributed by atoms with Gasteiger partial charge in [0.25, 0.3) is 0 Å². The number of rotatable bonds is 5. The zero-order chi connectivity index (χ0) is 15.5. The van der Waals surface area contributed by atoms with Crippen molar-refractivity contribution in [2.75, 3.05) is 11.9 Å². The van der Waals surface area contributed by atoms with Crippen molar-refractivity contribution in [2.24, 2.45) is 0 Å². The molecule has 114 valence electrons. The fraction of sp³-hybridized carbons (Fsp3) is 0.438. The summed E-state index contributed by atoms with van der Waals surface area (Å²) in [5.41, 5.74) is 1.42. The van der Waals surface area contributed by atoms with E-state index in [2.05, 4.69) is 31.2 Å². The number of benzene rings is 1. The van der Waals surface area contributed by atoms with E-state index in [1.165, 1.54) is 6.07 Å². The molecule has 0 radical (unpaired) electrons. The Kier molecular flexibility index (Phi) is 4.63. The Morgan fingerprint density at radius 3 is 2.67 bits per heavy atom. The molecule has 1 aromatic carbocycles. The summed E-state index contributed by atoms with van der Waals surface area (Å²) in [6, 6.07) is 8.58. The van der Waals surface area contributed by atoms with Crippen LogP contribution in [-0.2, 0) is 13.1 Å². The fourth-order valence-electron chi connectivity index (χ4n) is 1.95. The van der Waals surface area contributed by atoms with Crippen molar-refractivity contribution in [2.45, 2.75) is 39.4 Å². The average Bonchev–Trinajstić information content (AvgIpc) is 2.83. The van der Waals surface area contributed by atoms with Gasteiger partial charge in [0.1, 0.15) is 5.82 Å². The highest BCUT2D eigenvalue weighted by Crippen LogP contribution is 2.19. The van der Waals surface area contributed by atoms with E-state index in [0.717, 1.165) is 5.69 Å². The molecule has 5 heteroatoms. The molecular weight excluding hydrogens is 269 g/mol. The molecule has 0 saturated heterocycles. The fourth-order valence-corrected chi connectivity index (χ4v) is 1.95. The molecule has 0 atom stereocenters. The van der Waals surface area contributed by atoms with E-state index in [0.29, 0.717) is 24.5 Å². The second-order valence-corrected chi connectivity index (χ2v) is 6.20. The lowest BCUT2D eigenvalue weighted by Crippen LogP contribution is -2.35. The molecule has 0 unspecified atom stereocenters. The smallest absolute Gasteiger partial charge is 0.156 e. The number of aromatic nitrogens is 1. The van der Waals surface area contributed by atoms with Gasteiger partial charge in [0, 0.05) is 25.2 Å². The maximum atomic E-state index is 13.7. The first-order valence-electron chi connectivity index (χ1n) is 7.00. The third-order valence-electron chi connectivity index (χ3n) is 3.06. The van der Waals surface area contributed by atoms with Crippen LogP contribution >= 0.6 is 0 Å². The second-order valence-electron chi connectivity index (χ2n) is 6.20. The van der Waals surface area contributed by atoms with Crippen molar-refractivity contribution in [3.8, 4) is 0 Å². The predicted octanol–water partition coefficient (Wildman–Crippen LogP) is 3.34. The van der Waals surface area contributed by atoms with Crippen LogP contribution < -0.4 is 10.2 Å². The lowest BCUT2D eigenvalue weighted by molar-refractivity contribution is 0.365. The van der Waals surface area contributed by atoms with Gasteiger partial charge in [0.15, 0.2) is 5.76 Å². The number of halogens is 1. The van der Waals surface area contributed by atoms with E-state index < -0.39 is 0 Å². The molecule has 2 aromatic rings. The first-order valence-corrected chi connectivity index (χ1v) is 7.00. The first kappa shape index (κ1) is 15.5. The standard InChI is InChI=1S/C16H22FN3O/c1-16(2,3)18-10-12-9-13(21-19-12)11-20(4)15-8-6-5-7-14(15)17/h5-9,18H,10-11H2,1-4H3. The maximum Gasteiger partial charge on any atom is 0.156 e. The van der Waals surface area contributed by atoms with E-state index in [-0.39, 0.29) is 11.4 Å². The van der Waals surface area contributed by atoms with Crippen LogP contribution in [0.5, 0.6) is 0 Å². The molecule has 0 spiro atoms. The van der Waals surface area contributed by atoms with Gasteiger partial charge in [-0.05, 0) is 32.9 Å². The highest BCUT2D eigenvalue weighted by molar-refractivity contribution is 5.46. The van der Waals surface area contributed by atoms with Gasteiger partial charge in [-0.1, -0.05) is 17.3 Å². The molecule has 1 heterocycles. The van der Waals surface area contributed by atoms with Crippen molar-refractivity contribution in [3.63, 3.8) is 0 Å². The van der Waals surface area contributed by atoms with Crippen LogP contribution in [0, 0.1) is 5.82 Å². The Hall–Kier alpha value is -1.88. The molecule has 0 bridgehead atoms. The molecule has 0 amide bonds. The molecule has 0 saturated carbocycles. The van der Waals surface area contributed by atoms with Gasteiger partial charge in [0.05, 0.1) is 17.9 Å². The summed E-state index contributed by atoms with van der Waals surface area (Å²) in [4.78, 5) is 1.80. The van der Waals surface area contributed by atoms with Gasteiger partial charge in [-0.25, -0.2) is 4.39 Å². The number of para-hydroxylation sites is 1. The molecule has 0 aliphatic carbocycles.